The summed E-state index contributed by atoms with van der Waals surface area (Å²) in [6.07, 6.45) is 0. The third kappa shape index (κ3) is 3.67. The van der Waals surface area contributed by atoms with E-state index >= 15 is 0 Å². The molecule has 2 aromatic heterocycles. The summed E-state index contributed by atoms with van der Waals surface area (Å²) >= 11 is -0.324. The number of nitrogens with one attached hydrogen (secondary N) is 1. The fraction of sp³-hybridized carbons (Fsp3) is 0.0909. The molecule has 0 aliphatic heterocycles. The minimum atomic E-state index is -0.482. The third-order valence-corrected chi connectivity index (χ3v) is 6.84. The van der Waals surface area contributed by atoms with Gasteiger partial charge in [-0.05, 0) is 0 Å². The first kappa shape index (κ1) is 19.3. The van der Waals surface area contributed by atoms with Gasteiger partial charge in [-0.1, -0.05) is 0 Å². The van der Waals surface area contributed by atoms with Crippen LogP contribution < -0.4 is 5.32 Å². The van der Waals surface area contributed by atoms with Crippen molar-refractivity contribution >= 4 is 26.1 Å². The molecule has 1 N–H and O–H groups in total. The number of hydrogen-bond acceptors (Lipinski definition) is 2. The Labute approximate surface area is 172 Å². The van der Waals surface area contributed by atoms with Crippen LogP contribution in [0.5, 0.6) is 0 Å². The molecule has 2 heterocycles. The molecule has 0 saturated heterocycles. The zero-order valence-corrected chi connectivity index (χ0v) is 17.5. The normalized spacial score (nSPS) is 10.9. The van der Waals surface area contributed by atoms with Gasteiger partial charge in [0.25, 0.3) is 0 Å². The molecule has 0 saturated carbocycles. The summed E-state index contributed by atoms with van der Waals surface area (Å²) < 4.78 is 31.5. The molecule has 0 atom stereocenters. The molecule has 0 fully saturated rings. The summed E-state index contributed by atoms with van der Waals surface area (Å²) in [5.41, 5.74) is 2.86. The van der Waals surface area contributed by atoms with Gasteiger partial charge in [0.05, 0.1) is 0 Å². The molecule has 1 amide bonds. The molecular formula is C22H17F2N3OSe. The van der Waals surface area contributed by atoms with Gasteiger partial charge in [0.2, 0.25) is 0 Å². The number of amides is 1. The standard InChI is InChI=1S/C22H17F2N3OSe/c1-13-20(14-7-3-4-8-15(14)23)21(27(2)26-13)18-11-12-19(29-18)22(28)25-17-10-6-5-9-16(17)24/h3-12H,1-2H3,(H,25,28). The molecule has 0 aliphatic rings. The average molecular weight is 456 g/mol. The molecular weight excluding hydrogens is 439 g/mol. The molecule has 4 nitrogen and oxygen atoms in total. The van der Waals surface area contributed by atoms with E-state index in [1.54, 1.807) is 48.1 Å². The molecule has 4 aromatic rings. The molecule has 0 unspecified atom stereocenters. The predicted octanol–water partition coefficient (Wildman–Crippen LogP) is 4.65. The molecule has 146 valence electrons. The quantitative estimate of drug-likeness (QED) is 0.455. The Balaban J connectivity index is 1.71. The fourth-order valence-electron chi connectivity index (χ4n) is 3.26. The van der Waals surface area contributed by atoms with E-state index in [9.17, 15) is 13.6 Å². The summed E-state index contributed by atoms with van der Waals surface area (Å²) in [4.78, 5) is 12.6. The van der Waals surface area contributed by atoms with E-state index in [0.717, 1.165) is 15.7 Å². The van der Waals surface area contributed by atoms with Gasteiger partial charge in [0, 0.05) is 0 Å². The van der Waals surface area contributed by atoms with Crippen molar-refractivity contribution in [1.29, 1.82) is 0 Å². The summed E-state index contributed by atoms with van der Waals surface area (Å²) in [6.45, 7) is 1.84. The maximum absolute atomic E-state index is 14.5. The molecule has 7 heteroatoms. The second-order valence-corrected chi connectivity index (χ2v) is 8.78. The number of halogens is 2. The number of hydrogen-bond donors (Lipinski definition) is 1. The van der Waals surface area contributed by atoms with Crippen LogP contribution in [-0.4, -0.2) is 30.2 Å². The van der Waals surface area contributed by atoms with Crippen molar-refractivity contribution in [1.82, 2.24) is 9.78 Å². The maximum atomic E-state index is 14.5. The summed E-state index contributed by atoms with van der Waals surface area (Å²) in [7, 11) is 1.81. The van der Waals surface area contributed by atoms with Gasteiger partial charge in [-0.15, -0.1) is 0 Å². The molecule has 0 spiro atoms. The number of carbonyl (C=O) groups is 1. The van der Waals surface area contributed by atoms with Crippen LogP contribution in [0.1, 0.15) is 14.9 Å². The second-order valence-electron chi connectivity index (χ2n) is 6.51. The van der Waals surface area contributed by atoms with Crippen molar-refractivity contribution in [3.05, 3.63) is 82.4 Å². The van der Waals surface area contributed by atoms with Crippen LogP contribution in [0.3, 0.4) is 0 Å². The topological polar surface area (TPSA) is 46.9 Å². The van der Waals surface area contributed by atoms with Crippen molar-refractivity contribution in [3.63, 3.8) is 0 Å². The van der Waals surface area contributed by atoms with E-state index in [-0.39, 0.29) is 31.9 Å². The molecule has 29 heavy (non-hydrogen) atoms. The Morgan fingerprint density at radius 1 is 1.00 bits per heavy atom. The van der Waals surface area contributed by atoms with Crippen molar-refractivity contribution in [2.75, 3.05) is 5.32 Å². The van der Waals surface area contributed by atoms with Crippen molar-refractivity contribution in [3.8, 4) is 21.3 Å². The molecule has 0 radical (unpaired) electrons. The van der Waals surface area contributed by atoms with E-state index in [1.165, 1.54) is 18.2 Å². The van der Waals surface area contributed by atoms with E-state index in [2.05, 4.69) is 10.4 Å². The van der Waals surface area contributed by atoms with Gasteiger partial charge in [0.1, 0.15) is 0 Å². The monoisotopic (exact) mass is 457 g/mol. The van der Waals surface area contributed by atoms with Crippen LogP contribution in [0.4, 0.5) is 14.5 Å². The van der Waals surface area contributed by atoms with Crippen LogP contribution in [0.15, 0.2) is 60.7 Å². The van der Waals surface area contributed by atoms with E-state index in [4.69, 9.17) is 0 Å². The van der Waals surface area contributed by atoms with Crippen LogP contribution in [0, 0.1) is 18.6 Å². The van der Waals surface area contributed by atoms with Crippen molar-refractivity contribution in [2.45, 2.75) is 6.92 Å². The fourth-order valence-corrected chi connectivity index (χ4v) is 5.32. The molecule has 0 bridgehead atoms. The van der Waals surface area contributed by atoms with E-state index in [1.807, 2.05) is 13.0 Å². The summed E-state index contributed by atoms with van der Waals surface area (Å²) in [5, 5.41) is 7.09. The number of aromatic nitrogens is 2. The van der Waals surface area contributed by atoms with Crippen LogP contribution >= 0.6 is 0 Å². The zero-order chi connectivity index (χ0) is 20.5. The minimum absolute atomic E-state index is 0.145. The predicted molar refractivity (Wildman–Crippen MR) is 110 cm³/mol. The SMILES string of the molecule is Cc1nn(C)c(-c2ccc(C(=O)Nc3ccccc3F)[se]2)c1-c1ccccc1F. The van der Waals surface area contributed by atoms with Crippen LogP contribution in [0.2, 0.25) is 0 Å². The zero-order valence-electron chi connectivity index (χ0n) is 15.7. The van der Waals surface area contributed by atoms with Gasteiger partial charge in [-0.2, -0.15) is 0 Å². The van der Waals surface area contributed by atoms with Gasteiger partial charge >= 0.3 is 172 Å². The van der Waals surface area contributed by atoms with Gasteiger partial charge in [0.15, 0.2) is 0 Å². The first-order chi connectivity index (χ1) is 14.0. The number of carbonyl (C=O) groups excluding carboxylic acids is 1. The van der Waals surface area contributed by atoms with Gasteiger partial charge in [-0.3, -0.25) is 0 Å². The number of anilines is 1. The summed E-state index contributed by atoms with van der Waals surface area (Å²) in [5.74, 6) is -1.14. The second kappa shape index (κ2) is 7.78. The Kier molecular flexibility index (Phi) is 5.18. The van der Waals surface area contributed by atoms with E-state index in [0.29, 0.717) is 15.7 Å². The molecule has 2 aromatic carbocycles. The molecule has 4 rings (SSSR count). The van der Waals surface area contributed by atoms with Gasteiger partial charge < -0.3 is 0 Å². The van der Waals surface area contributed by atoms with Crippen LogP contribution in [0.25, 0.3) is 21.3 Å². The Hall–Kier alpha value is -3.02. The molecule has 0 aliphatic carbocycles. The average Bonchev–Trinajstić information content (AvgIpc) is 3.28. The first-order valence-corrected chi connectivity index (χ1v) is 10.6. The Morgan fingerprint density at radius 2 is 1.69 bits per heavy atom. The summed E-state index contributed by atoms with van der Waals surface area (Å²) in [6, 6.07) is 16.2. The number of nitrogens with zero attached hydrogens (tertiary/aromatic N) is 2. The Bertz CT molecular complexity index is 1210. The number of rotatable bonds is 4. The number of benzene rings is 2. The van der Waals surface area contributed by atoms with Gasteiger partial charge in [-0.25, -0.2) is 0 Å². The third-order valence-electron chi connectivity index (χ3n) is 4.55. The van der Waals surface area contributed by atoms with Crippen molar-refractivity contribution < 1.29 is 13.6 Å². The Morgan fingerprint density at radius 3 is 2.41 bits per heavy atom. The first-order valence-electron chi connectivity index (χ1n) is 8.90. The van der Waals surface area contributed by atoms with Crippen LogP contribution in [-0.2, 0) is 7.05 Å². The van der Waals surface area contributed by atoms with E-state index < -0.39 is 5.82 Å². The van der Waals surface area contributed by atoms with Crippen molar-refractivity contribution in [2.24, 2.45) is 7.05 Å². The number of aryl methyl sites for hydroxylation is 2. The number of para-hydroxylation sites is 1.